The summed E-state index contributed by atoms with van der Waals surface area (Å²) in [6.07, 6.45) is 4.47. The molecule has 1 aliphatic carbocycles. The molecule has 0 aliphatic heterocycles. The van der Waals surface area contributed by atoms with Crippen LogP contribution in [0.3, 0.4) is 0 Å². The molecule has 0 heterocycles. The molecule has 1 amide bonds. The maximum absolute atomic E-state index is 11.9. The standard InChI is InChI=1S/C16H20ClNO3/c1-11-6-2-5-9-14(11)18-15(19)10-21-16(20)12-7-3-4-8-13(12)17/h3-4,7-8,11,14H,2,5-6,9-10H2,1H3,(H,18,19)/t11-,14+/m1/s1. The van der Waals surface area contributed by atoms with E-state index in [0.717, 1.165) is 19.3 Å². The highest BCUT2D eigenvalue weighted by Crippen LogP contribution is 2.23. The quantitative estimate of drug-likeness (QED) is 0.869. The monoisotopic (exact) mass is 309 g/mol. The minimum atomic E-state index is -0.576. The van der Waals surface area contributed by atoms with E-state index in [1.807, 2.05) is 0 Å². The zero-order valence-corrected chi connectivity index (χ0v) is 12.9. The second kappa shape index (κ2) is 7.46. The molecule has 21 heavy (non-hydrogen) atoms. The SMILES string of the molecule is C[C@@H]1CCCC[C@@H]1NC(=O)COC(=O)c1ccccc1Cl. The molecule has 1 aromatic carbocycles. The van der Waals surface area contributed by atoms with E-state index in [2.05, 4.69) is 12.2 Å². The van der Waals surface area contributed by atoms with Gasteiger partial charge in [0.05, 0.1) is 10.6 Å². The number of hydrogen-bond donors (Lipinski definition) is 1. The lowest BCUT2D eigenvalue weighted by Crippen LogP contribution is -2.42. The molecule has 1 fully saturated rings. The summed E-state index contributed by atoms with van der Waals surface area (Å²) in [6.45, 7) is 1.87. The second-order valence-electron chi connectivity index (χ2n) is 5.49. The van der Waals surface area contributed by atoms with Crippen LogP contribution in [0.5, 0.6) is 0 Å². The number of halogens is 1. The van der Waals surface area contributed by atoms with E-state index in [1.54, 1.807) is 24.3 Å². The molecule has 2 rings (SSSR count). The van der Waals surface area contributed by atoms with Crippen molar-refractivity contribution < 1.29 is 14.3 Å². The van der Waals surface area contributed by atoms with Gasteiger partial charge in [-0.15, -0.1) is 0 Å². The Kier molecular flexibility index (Phi) is 5.62. The zero-order valence-electron chi connectivity index (χ0n) is 12.1. The van der Waals surface area contributed by atoms with Crippen molar-refractivity contribution in [1.82, 2.24) is 5.32 Å². The predicted octanol–water partition coefficient (Wildman–Crippen LogP) is 3.19. The largest absolute Gasteiger partial charge is 0.452 e. The fourth-order valence-corrected chi connectivity index (χ4v) is 2.83. The number of carbonyl (C=O) groups is 2. The van der Waals surface area contributed by atoms with Crippen molar-refractivity contribution in [2.24, 2.45) is 5.92 Å². The van der Waals surface area contributed by atoms with Gasteiger partial charge in [0.25, 0.3) is 5.91 Å². The van der Waals surface area contributed by atoms with Crippen LogP contribution in [-0.2, 0) is 9.53 Å². The highest BCUT2D eigenvalue weighted by molar-refractivity contribution is 6.33. The summed E-state index contributed by atoms with van der Waals surface area (Å²) >= 11 is 5.91. The van der Waals surface area contributed by atoms with E-state index >= 15 is 0 Å². The Labute approximate surface area is 129 Å². The van der Waals surface area contributed by atoms with Crippen molar-refractivity contribution in [3.63, 3.8) is 0 Å². The number of rotatable bonds is 4. The van der Waals surface area contributed by atoms with Crippen LogP contribution >= 0.6 is 11.6 Å². The van der Waals surface area contributed by atoms with Crippen LogP contribution in [-0.4, -0.2) is 24.5 Å². The maximum Gasteiger partial charge on any atom is 0.340 e. The van der Waals surface area contributed by atoms with Gasteiger partial charge in [0.2, 0.25) is 0 Å². The van der Waals surface area contributed by atoms with Crippen molar-refractivity contribution >= 4 is 23.5 Å². The van der Waals surface area contributed by atoms with Gasteiger partial charge in [-0.2, -0.15) is 0 Å². The number of amides is 1. The summed E-state index contributed by atoms with van der Waals surface area (Å²) in [6, 6.07) is 6.81. The summed E-state index contributed by atoms with van der Waals surface area (Å²) in [5.74, 6) is -0.358. The number of benzene rings is 1. The molecule has 0 saturated heterocycles. The Balaban J connectivity index is 1.81. The van der Waals surface area contributed by atoms with Crippen LogP contribution in [0.15, 0.2) is 24.3 Å². The number of carbonyl (C=O) groups excluding carboxylic acids is 2. The van der Waals surface area contributed by atoms with E-state index in [1.165, 1.54) is 6.42 Å². The van der Waals surface area contributed by atoms with Crippen LogP contribution < -0.4 is 5.32 Å². The molecule has 4 nitrogen and oxygen atoms in total. The fraction of sp³-hybridized carbons (Fsp3) is 0.500. The van der Waals surface area contributed by atoms with Gasteiger partial charge in [0.15, 0.2) is 6.61 Å². The second-order valence-corrected chi connectivity index (χ2v) is 5.90. The van der Waals surface area contributed by atoms with E-state index in [9.17, 15) is 9.59 Å². The third kappa shape index (κ3) is 4.46. The summed E-state index contributed by atoms with van der Waals surface area (Å²) < 4.78 is 5.01. The first-order chi connectivity index (χ1) is 10.1. The topological polar surface area (TPSA) is 55.4 Å². The first-order valence-electron chi connectivity index (χ1n) is 7.29. The third-order valence-corrected chi connectivity index (χ3v) is 4.22. The molecule has 5 heteroatoms. The fourth-order valence-electron chi connectivity index (χ4n) is 2.61. The third-order valence-electron chi connectivity index (χ3n) is 3.89. The lowest BCUT2D eigenvalue weighted by Gasteiger charge is -2.29. The van der Waals surface area contributed by atoms with Gasteiger partial charge >= 0.3 is 5.97 Å². The first kappa shape index (κ1) is 15.8. The lowest BCUT2D eigenvalue weighted by atomic mass is 9.86. The number of esters is 1. The average Bonchev–Trinajstić information content (AvgIpc) is 2.48. The lowest BCUT2D eigenvalue weighted by molar-refractivity contribution is -0.125. The molecule has 0 unspecified atom stereocenters. The highest BCUT2D eigenvalue weighted by Gasteiger charge is 2.23. The van der Waals surface area contributed by atoms with Crippen LogP contribution in [0.2, 0.25) is 5.02 Å². The Morgan fingerprint density at radius 3 is 2.71 bits per heavy atom. The Morgan fingerprint density at radius 2 is 2.00 bits per heavy atom. The summed E-state index contributed by atoms with van der Waals surface area (Å²) in [5, 5.41) is 3.26. The van der Waals surface area contributed by atoms with Gasteiger partial charge < -0.3 is 10.1 Å². The molecule has 0 bridgehead atoms. The van der Waals surface area contributed by atoms with E-state index in [4.69, 9.17) is 16.3 Å². The molecule has 114 valence electrons. The molecule has 2 atom stereocenters. The highest BCUT2D eigenvalue weighted by atomic mass is 35.5. The van der Waals surface area contributed by atoms with Crippen LogP contribution in [0.4, 0.5) is 0 Å². The molecule has 0 radical (unpaired) electrons. The van der Waals surface area contributed by atoms with Gasteiger partial charge in [0, 0.05) is 6.04 Å². The summed E-state index contributed by atoms with van der Waals surface area (Å²) in [7, 11) is 0. The minimum absolute atomic E-state index is 0.185. The van der Waals surface area contributed by atoms with Crippen molar-refractivity contribution in [2.45, 2.75) is 38.6 Å². The maximum atomic E-state index is 11.9. The van der Waals surface area contributed by atoms with Crippen molar-refractivity contribution in [3.05, 3.63) is 34.9 Å². The van der Waals surface area contributed by atoms with Crippen molar-refractivity contribution in [2.75, 3.05) is 6.61 Å². The molecular weight excluding hydrogens is 290 g/mol. The minimum Gasteiger partial charge on any atom is -0.452 e. The van der Waals surface area contributed by atoms with Gasteiger partial charge in [0.1, 0.15) is 0 Å². The molecule has 1 aliphatic rings. The van der Waals surface area contributed by atoms with Gasteiger partial charge in [-0.05, 0) is 30.9 Å². The normalized spacial score (nSPS) is 21.6. The summed E-state index contributed by atoms with van der Waals surface area (Å²) in [5.41, 5.74) is 0.276. The van der Waals surface area contributed by atoms with E-state index < -0.39 is 5.97 Å². The molecule has 0 spiro atoms. The van der Waals surface area contributed by atoms with Crippen molar-refractivity contribution in [3.8, 4) is 0 Å². The Bertz CT molecular complexity index is 518. The molecule has 1 saturated carbocycles. The summed E-state index contributed by atoms with van der Waals surface area (Å²) in [4.78, 5) is 23.7. The van der Waals surface area contributed by atoms with Crippen LogP contribution in [0.25, 0.3) is 0 Å². The number of nitrogens with one attached hydrogen (secondary N) is 1. The van der Waals surface area contributed by atoms with Crippen LogP contribution in [0, 0.1) is 5.92 Å². The zero-order chi connectivity index (χ0) is 15.2. The van der Waals surface area contributed by atoms with Gasteiger partial charge in [-0.3, -0.25) is 4.79 Å². The molecule has 1 aromatic rings. The first-order valence-corrected chi connectivity index (χ1v) is 7.66. The molecule has 1 N–H and O–H groups in total. The number of hydrogen-bond acceptors (Lipinski definition) is 3. The molecule has 0 aromatic heterocycles. The van der Waals surface area contributed by atoms with E-state index in [-0.39, 0.29) is 24.1 Å². The number of ether oxygens (including phenoxy) is 1. The predicted molar refractivity (Wildman–Crippen MR) is 81.3 cm³/mol. The van der Waals surface area contributed by atoms with Gasteiger partial charge in [-0.25, -0.2) is 4.79 Å². The van der Waals surface area contributed by atoms with Crippen molar-refractivity contribution in [1.29, 1.82) is 0 Å². The average molecular weight is 310 g/mol. The Morgan fingerprint density at radius 1 is 1.29 bits per heavy atom. The van der Waals surface area contributed by atoms with Crippen LogP contribution in [0.1, 0.15) is 43.0 Å². The molecular formula is C16H20ClNO3. The van der Waals surface area contributed by atoms with E-state index in [0.29, 0.717) is 10.9 Å². The van der Waals surface area contributed by atoms with Gasteiger partial charge in [-0.1, -0.05) is 43.5 Å². The Hall–Kier alpha value is -1.55. The smallest absolute Gasteiger partial charge is 0.340 e.